The Bertz CT molecular complexity index is 945. The summed E-state index contributed by atoms with van der Waals surface area (Å²) in [5.74, 6) is 0.804. The first-order chi connectivity index (χ1) is 14.1. The van der Waals surface area contributed by atoms with Gasteiger partial charge in [0.1, 0.15) is 0 Å². The molecule has 0 bridgehead atoms. The molecule has 3 aliphatic heterocycles. The quantitative estimate of drug-likeness (QED) is 0.735. The average Bonchev–Trinajstić information content (AvgIpc) is 3.06. The van der Waals surface area contributed by atoms with E-state index in [1.807, 2.05) is 7.05 Å². The molecule has 1 fully saturated rings. The second-order valence-electron chi connectivity index (χ2n) is 8.32. The molecule has 1 aromatic heterocycles. The number of likely N-dealkylation sites (N-methyl/N-ethyl adjacent to an activating group) is 1. The molecule has 3 aliphatic rings. The number of carbonyl (C=O) groups excluding carboxylic acids is 2. The highest BCUT2D eigenvalue weighted by atomic mass is 16.2. The lowest BCUT2D eigenvalue weighted by molar-refractivity contribution is -0.117. The second-order valence-corrected chi connectivity index (χ2v) is 8.32. The van der Waals surface area contributed by atoms with Crippen molar-refractivity contribution in [3.05, 3.63) is 53.9 Å². The number of amides is 1. The lowest BCUT2D eigenvalue weighted by atomic mass is 9.89. The summed E-state index contributed by atoms with van der Waals surface area (Å²) in [6, 6.07) is 10.4. The van der Waals surface area contributed by atoms with E-state index >= 15 is 0 Å². The van der Waals surface area contributed by atoms with Gasteiger partial charge in [-0.2, -0.15) is 0 Å². The minimum Gasteiger partial charge on any atom is -0.357 e. The number of rotatable bonds is 5. The highest BCUT2D eigenvalue weighted by Crippen LogP contribution is 2.50. The van der Waals surface area contributed by atoms with Gasteiger partial charge in [-0.15, -0.1) is 0 Å². The number of hydrogen-bond acceptors (Lipinski definition) is 5. The minimum absolute atomic E-state index is 0.173. The summed E-state index contributed by atoms with van der Waals surface area (Å²) in [6.07, 6.45) is 5.85. The van der Waals surface area contributed by atoms with Gasteiger partial charge in [-0.05, 0) is 43.1 Å². The van der Waals surface area contributed by atoms with Crippen LogP contribution in [0, 0.1) is 0 Å². The normalized spacial score (nSPS) is 23.1. The predicted octanol–water partition coefficient (Wildman–Crippen LogP) is 2.70. The molecule has 6 heteroatoms. The molecule has 2 unspecified atom stereocenters. The fourth-order valence-corrected chi connectivity index (χ4v) is 5.21. The molecule has 5 rings (SSSR count). The van der Waals surface area contributed by atoms with Crippen LogP contribution < -0.4 is 9.80 Å². The Morgan fingerprint density at radius 1 is 1.21 bits per heavy atom. The standard InChI is InChI=1S/C23H26N4O2/c1-25-20-5-2-4-17-18-14-26(12-3-6-21(28)16-7-10-24-11-8-16)13-9-19(18)27(23(17)20)15-22(25)29/h2,4-5,7-8,10-11,18-19H,3,6,9,12-15H2,1H3. The molecule has 4 heterocycles. The van der Waals surface area contributed by atoms with Crippen LogP contribution in [0.5, 0.6) is 0 Å². The minimum atomic E-state index is 0.173. The van der Waals surface area contributed by atoms with Crippen LogP contribution in [0.2, 0.25) is 0 Å². The summed E-state index contributed by atoms with van der Waals surface area (Å²) in [5, 5.41) is 0. The first kappa shape index (κ1) is 18.3. The van der Waals surface area contributed by atoms with Crippen molar-refractivity contribution in [1.29, 1.82) is 0 Å². The number of piperidine rings is 1. The molecule has 2 atom stereocenters. The van der Waals surface area contributed by atoms with Crippen molar-refractivity contribution in [2.24, 2.45) is 0 Å². The zero-order valence-corrected chi connectivity index (χ0v) is 16.8. The highest BCUT2D eigenvalue weighted by Gasteiger charge is 2.46. The number of benzene rings is 1. The largest absolute Gasteiger partial charge is 0.357 e. The highest BCUT2D eigenvalue weighted by molar-refractivity contribution is 6.04. The van der Waals surface area contributed by atoms with E-state index < -0.39 is 0 Å². The molecule has 0 spiro atoms. The van der Waals surface area contributed by atoms with Crippen LogP contribution >= 0.6 is 0 Å². The maximum absolute atomic E-state index is 12.4. The summed E-state index contributed by atoms with van der Waals surface area (Å²) in [4.78, 5) is 35.4. The molecular formula is C23H26N4O2. The number of Topliss-reactive ketones (excluding diaryl/α,β-unsaturated/α-hetero) is 1. The Balaban J connectivity index is 1.25. The molecule has 0 radical (unpaired) electrons. The lowest BCUT2D eigenvalue weighted by Gasteiger charge is -2.40. The van der Waals surface area contributed by atoms with Crippen molar-refractivity contribution in [1.82, 2.24) is 9.88 Å². The van der Waals surface area contributed by atoms with Crippen molar-refractivity contribution >= 4 is 23.1 Å². The third-order valence-electron chi connectivity index (χ3n) is 6.71. The number of aromatic nitrogens is 1. The number of pyridine rings is 1. The van der Waals surface area contributed by atoms with Crippen LogP contribution in [0.4, 0.5) is 11.4 Å². The van der Waals surface area contributed by atoms with Gasteiger partial charge in [0.15, 0.2) is 5.78 Å². The van der Waals surface area contributed by atoms with Gasteiger partial charge in [0.05, 0.1) is 17.9 Å². The van der Waals surface area contributed by atoms with E-state index in [4.69, 9.17) is 0 Å². The lowest BCUT2D eigenvalue weighted by Crippen LogP contribution is -2.51. The second kappa shape index (κ2) is 7.26. The molecule has 6 nitrogen and oxygen atoms in total. The molecule has 1 amide bonds. The van der Waals surface area contributed by atoms with Crippen LogP contribution in [0.1, 0.15) is 41.1 Å². The van der Waals surface area contributed by atoms with Crippen LogP contribution in [-0.4, -0.2) is 60.8 Å². The van der Waals surface area contributed by atoms with Crippen LogP contribution in [-0.2, 0) is 4.79 Å². The van der Waals surface area contributed by atoms with Gasteiger partial charge in [-0.1, -0.05) is 12.1 Å². The van der Waals surface area contributed by atoms with Crippen molar-refractivity contribution in [2.75, 3.05) is 43.0 Å². The number of hydrogen-bond donors (Lipinski definition) is 0. The fourth-order valence-electron chi connectivity index (χ4n) is 5.21. The zero-order valence-electron chi connectivity index (χ0n) is 16.8. The molecule has 0 N–H and O–H groups in total. The molecule has 1 aromatic carbocycles. The van der Waals surface area contributed by atoms with Crippen LogP contribution in [0.25, 0.3) is 0 Å². The first-order valence-corrected chi connectivity index (χ1v) is 10.4. The van der Waals surface area contributed by atoms with Gasteiger partial charge >= 0.3 is 0 Å². The molecule has 2 aromatic rings. The van der Waals surface area contributed by atoms with Crippen LogP contribution in [0.3, 0.4) is 0 Å². The van der Waals surface area contributed by atoms with E-state index in [2.05, 4.69) is 33.0 Å². The van der Waals surface area contributed by atoms with Gasteiger partial charge in [0.25, 0.3) is 0 Å². The summed E-state index contributed by atoms with van der Waals surface area (Å²) < 4.78 is 0. The monoisotopic (exact) mass is 390 g/mol. The topological polar surface area (TPSA) is 56.8 Å². The van der Waals surface area contributed by atoms with E-state index in [0.717, 1.165) is 43.7 Å². The maximum Gasteiger partial charge on any atom is 0.246 e. The number of fused-ring (bicyclic) bond motifs is 3. The number of anilines is 2. The van der Waals surface area contributed by atoms with Gasteiger partial charge in [-0.3, -0.25) is 14.6 Å². The molecular weight excluding hydrogens is 364 g/mol. The van der Waals surface area contributed by atoms with E-state index in [-0.39, 0.29) is 11.7 Å². The molecule has 29 heavy (non-hydrogen) atoms. The average molecular weight is 390 g/mol. The van der Waals surface area contributed by atoms with Gasteiger partial charge in [-0.25, -0.2) is 0 Å². The van der Waals surface area contributed by atoms with Gasteiger partial charge in [0, 0.05) is 56.5 Å². The molecule has 0 aliphatic carbocycles. The molecule has 1 saturated heterocycles. The third kappa shape index (κ3) is 3.12. The summed E-state index contributed by atoms with van der Waals surface area (Å²) >= 11 is 0. The smallest absolute Gasteiger partial charge is 0.246 e. The number of likely N-dealkylation sites (tertiary alicyclic amines) is 1. The zero-order chi connectivity index (χ0) is 20.0. The van der Waals surface area contributed by atoms with Gasteiger partial charge in [0.2, 0.25) is 5.91 Å². The Morgan fingerprint density at radius 2 is 2.03 bits per heavy atom. The van der Waals surface area contributed by atoms with Crippen molar-refractivity contribution in [2.45, 2.75) is 31.2 Å². The Labute approximate surface area is 171 Å². The van der Waals surface area contributed by atoms with Crippen molar-refractivity contribution in [3.63, 3.8) is 0 Å². The Morgan fingerprint density at radius 3 is 2.86 bits per heavy atom. The first-order valence-electron chi connectivity index (χ1n) is 10.4. The summed E-state index contributed by atoms with van der Waals surface area (Å²) in [5.41, 5.74) is 4.44. The predicted molar refractivity (Wildman–Crippen MR) is 113 cm³/mol. The molecule has 150 valence electrons. The summed E-state index contributed by atoms with van der Waals surface area (Å²) in [6.45, 7) is 3.45. The number of carbonyl (C=O) groups is 2. The van der Waals surface area contributed by atoms with Crippen LogP contribution in [0.15, 0.2) is 42.7 Å². The van der Waals surface area contributed by atoms with E-state index in [9.17, 15) is 9.59 Å². The van der Waals surface area contributed by atoms with Crippen molar-refractivity contribution < 1.29 is 9.59 Å². The van der Waals surface area contributed by atoms with Gasteiger partial charge < -0.3 is 14.7 Å². The van der Waals surface area contributed by atoms with E-state index in [0.29, 0.717) is 24.9 Å². The van der Waals surface area contributed by atoms with Crippen molar-refractivity contribution in [3.8, 4) is 0 Å². The fraction of sp³-hybridized carbons (Fsp3) is 0.435. The number of ketones is 1. The Kier molecular flexibility index (Phi) is 4.59. The maximum atomic E-state index is 12.4. The third-order valence-corrected chi connectivity index (χ3v) is 6.71. The SMILES string of the molecule is CN1C(=O)CN2c3c(cccc31)C1CN(CCCC(=O)c3ccncc3)CCC12. The number of para-hydroxylation sites is 1. The summed E-state index contributed by atoms with van der Waals surface area (Å²) in [7, 11) is 1.88. The molecule has 0 saturated carbocycles. The number of nitrogens with zero attached hydrogens (tertiary/aromatic N) is 4. The Hall–Kier alpha value is -2.73. The van der Waals surface area contributed by atoms with E-state index in [1.54, 1.807) is 29.4 Å². The van der Waals surface area contributed by atoms with E-state index in [1.165, 1.54) is 11.3 Å².